The highest BCUT2D eigenvalue weighted by Gasteiger charge is 2.40. The highest BCUT2D eigenvalue weighted by molar-refractivity contribution is 5.73. The number of fused-ring (bicyclic) bond motifs is 1. The largest absolute Gasteiger partial charge is 0.420 e. The Kier molecular flexibility index (Phi) is 2.51. The molecule has 84 valence electrons. The summed E-state index contributed by atoms with van der Waals surface area (Å²) in [6.45, 7) is 0. The van der Waals surface area contributed by atoms with E-state index in [2.05, 4.69) is 9.97 Å². The van der Waals surface area contributed by atoms with Gasteiger partial charge in [0, 0.05) is 0 Å². The number of aliphatic hydroxyl groups excluding tert-OH is 1. The monoisotopic (exact) mass is 228 g/mol. The lowest BCUT2D eigenvalue weighted by atomic mass is 10.2. The molecule has 0 aliphatic rings. The Morgan fingerprint density at radius 1 is 1.12 bits per heavy atom. The second-order valence-electron chi connectivity index (χ2n) is 3.23. The molecule has 6 heteroatoms. The second kappa shape index (κ2) is 3.71. The lowest BCUT2D eigenvalue weighted by Gasteiger charge is -2.13. The maximum Gasteiger partial charge on any atom is 0.420 e. The SMILES string of the molecule is OC(c1cnc2ccccc2n1)C(F)(F)F. The van der Waals surface area contributed by atoms with Gasteiger partial charge >= 0.3 is 6.18 Å². The first-order valence-electron chi connectivity index (χ1n) is 4.45. The van der Waals surface area contributed by atoms with Gasteiger partial charge in [0.1, 0.15) is 0 Å². The molecule has 1 heterocycles. The molecule has 2 aromatic rings. The van der Waals surface area contributed by atoms with Crippen molar-refractivity contribution in [3.8, 4) is 0 Å². The Morgan fingerprint density at radius 3 is 2.38 bits per heavy atom. The fraction of sp³-hybridized carbons (Fsp3) is 0.200. The van der Waals surface area contributed by atoms with Crippen LogP contribution >= 0.6 is 0 Å². The summed E-state index contributed by atoms with van der Waals surface area (Å²) >= 11 is 0. The molecule has 3 nitrogen and oxygen atoms in total. The Labute approximate surface area is 88.6 Å². The van der Waals surface area contributed by atoms with Crippen LogP contribution in [0.15, 0.2) is 30.5 Å². The molecule has 1 atom stereocenters. The van der Waals surface area contributed by atoms with Crippen LogP contribution in [-0.2, 0) is 0 Å². The van der Waals surface area contributed by atoms with E-state index in [1.54, 1.807) is 18.2 Å². The highest BCUT2D eigenvalue weighted by atomic mass is 19.4. The van der Waals surface area contributed by atoms with Gasteiger partial charge in [0.15, 0.2) is 6.10 Å². The molecule has 16 heavy (non-hydrogen) atoms. The minimum Gasteiger partial charge on any atom is -0.378 e. The average Bonchev–Trinajstić information content (AvgIpc) is 2.26. The van der Waals surface area contributed by atoms with Gasteiger partial charge in [-0.2, -0.15) is 13.2 Å². The summed E-state index contributed by atoms with van der Waals surface area (Å²) in [5.41, 5.74) is 0.315. The van der Waals surface area contributed by atoms with Crippen LogP contribution in [0.4, 0.5) is 13.2 Å². The van der Waals surface area contributed by atoms with Crippen LogP contribution in [0.25, 0.3) is 11.0 Å². The van der Waals surface area contributed by atoms with E-state index in [1.807, 2.05) is 0 Å². The Balaban J connectivity index is 2.47. The first-order valence-corrected chi connectivity index (χ1v) is 4.45. The summed E-state index contributed by atoms with van der Waals surface area (Å²) in [5, 5.41) is 8.99. The molecule has 0 amide bonds. The molecule has 0 aliphatic heterocycles. The Bertz CT molecular complexity index is 513. The fourth-order valence-electron chi connectivity index (χ4n) is 1.27. The Morgan fingerprint density at radius 2 is 1.75 bits per heavy atom. The summed E-state index contributed by atoms with van der Waals surface area (Å²) in [6, 6.07) is 6.51. The molecule has 1 unspecified atom stereocenters. The maximum absolute atomic E-state index is 12.2. The van der Waals surface area contributed by atoms with Gasteiger partial charge in [-0.05, 0) is 12.1 Å². The van der Waals surface area contributed by atoms with Gasteiger partial charge < -0.3 is 5.11 Å². The predicted octanol–water partition coefficient (Wildman–Crippen LogP) is 2.23. The van der Waals surface area contributed by atoms with E-state index in [0.717, 1.165) is 6.20 Å². The maximum atomic E-state index is 12.2. The van der Waals surface area contributed by atoms with Crippen molar-refractivity contribution in [3.05, 3.63) is 36.2 Å². The van der Waals surface area contributed by atoms with Crippen molar-refractivity contribution in [3.63, 3.8) is 0 Å². The van der Waals surface area contributed by atoms with Crippen LogP contribution in [0.3, 0.4) is 0 Å². The lowest BCUT2D eigenvalue weighted by molar-refractivity contribution is -0.207. The standard InChI is InChI=1S/C10H7F3N2O/c11-10(12,13)9(16)8-5-14-6-3-1-2-4-7(6)15-8/h1-5,9,16H. The number of alkyl halides is 3. The van der Waals surface area contributed by atoms with Gasteiger partial charge in [0.05, 0.1) is 22.9 Å². The molecule has 0 bridgehead atoms. The third kappa shape index (κ3) is 1.96. The van der Waals surface area contributed by atoms with Crippen molar-refractivity contribution in [2.24, 2.45) is 0 Å². The molecule has 2 rings (SSSR count). The molecule has 0 fully saturated rings. The van der Waals surface area contributed by atoms with Gasteiger partial charge in [-0.3, -0.25) is 4.98 Å². The average molecular weight is 228 g/mol. The van der Waals surface area contributed by atoms with Crippen molar-refractivity contribution in [2.45, 2.75) is 12.3 Å². The molecule has 1 N–H and O–H groups in total. The number of rotatable bonds is 1. The van der Waals surface area contributed by atoms with Crippen LogP contribution in [-0.4, -0.2) is 21.3 Å². The summed E-state index contributed by atoms with van der Waals surface area (Å²) in [7, 11) is 0. The van der Waals surface area contributed by atoms with Gasteiger partial charge in [-0.25, -0.2) is 4.98 Å². The van der Waals surface area contributed by atoms with E-state index in [9.17, 15) is 13.2 Å². The van der Waals surface area contributed by atoms with Gasteiger partial charge in [-0.15, -0.1) is 0 Å². The van der Waals surface area contributed by atoms with Crippen molar-refractivity contribution in [2.75, 3.05) is 0 Å². The Hall–Kier alpha value is -1.69. The van der Waals surface area contributed by atoms with Gasteiger partial charge in [-0.1, -0.05) is 12.1 Å². The van der Waals surface area contributed by atoms with Crippen LogP contribution in [0.5, 0.6) is 0 Å². The van der Waals surface area contributed by atoms with Crippen molar-refractivity contribution < 1.29 is 18.3 Å². The van der Waals surface area contributed by atoms with E-state index in [1.165, 1.54) is 6.07 Å². The number of para-hydroxylation sites is 2. The quantitative estimate of drug-likeness (QED) is 0.814. The molecular weight excluding hydrogens is 221 g/mol. The minimum absolute atomic E-state index is 0.322. The lowest BCUT2D eigenvalue weighted by Crippen LogP contribution is -2.21. The van der Waals surface area contributed by atoms with Crippen LogP contribution < -0.4 is 0 Å². The third-order valence-corrected chi connectivity index (χ3v) is 2.06. The zero-order valence-corrected chi connectivity index (χ0v) is 7.94. The topological polar surface area (TPSA) is 46.0 Å². The molecular formula is C10H7F3N2O. The zero-order valence-electron chi connectivity index (χ0n) is 7.94. The number of aromatic nitrogens is 2. The molecule has 0 saturated heterocycles. The van der Waals surface area contributed by atoms with E-state index in [-0.39, 0.29) is 0 Å². The van der Waals surface area contributed by atoms with E-state index >= 15 is 0 Å². The zero-order chi connectivity index (χ0) is 11.8. The van der Waals surface area contributed by atoms with Crippen LogP contribution in [0.1, 0.15) is 11.8 Å². The molecule has 1 aromatic carbocycles. The first-order chi connectivity index (χ1) is 7.48. The van der Waals surface area contributed by atoms with E-state index < -0.39 is 18.0 Å². The van der Waals surface area contributed by atoms with Crippen molar-refractivity contribution in [1.29, 1.82) is 0 Å². The number of hydrogen-bond acceptors (Lipinski definition) is 3. The predicted molar refractivity (Wildman–Crippen MR) is 50.6 cm³/mol. The van der Waals surface area contributed by atoms with Gasteiger partial charge in [0.25, 0.3) is 0 Å². The number of hydrogen-bond donors (Lipinski definition) is 1. The minimum atomic E-state index is -4.73. The smallest absolute Gasteiger partial charge is 0.378 e. The van der Waals surface area contributed by atoms with Crippen LogP contribution in [0.2, 0.25) is 0 Å². The molecule has 0 saturated carbocycles. The number of nitrogens with zero attached hydrogens (tertiary/aromatic N) is 2. The van der Waals surface area contributed by atoms with Crippen LogP contribution in [0, 0.1) is 0 Å². The van der Waals surface area contributed by atoms with Crippen molar-refractivity contribution in [1.82, 2.24) is 9.97 Å². The van der Waals surface area contributed by atoms with Gasteiger partial charge in [0.2, 0.25) is 0 Å². The number of benzene rings is 1. The normalized spacial score (nSPS) is 14.0. The molecule has 0 aliphatic carbocycles. The third-order valence-electron chi connectivity index (χ3n) is 2.06. The summed E-state index contributed by atoms with van der Waals surface area (Å²) in [6.07, 6.45) is -6.39. The summed E-state index contributed by atoms with van der Waals surface area (Å²) in [4.78, 5) is 7.50. The number of aliphatic hydroxyl groups is 1. The van der Waals surface area contributed by atoms with E-state index in [4.69, 9.17) is 5.11 Å². The fourth-order valence-corrected chi connectivity index (χ4v) is 1.27. The molecule has 0 radical (unpaired) electrons. The molecule has 1 aromatic heterocycles. The number of halogens is 3. The summed E-state index contributed by atoms with van der Waals surface area (Å²) in [5.74, 6) is 0. The molecule has 0 spiro atoms. The van der Waals surface area contributed by atoms with E-state index in [0.29, 0.717) is 11.0 Å². The summed E-state index contributed by atoms with van der Waals surface area (Å²) < 4.78 is 36.7. The van der Waals surface area contributed by atoms with Crippen molar-refractivity contribution >= 4 is 11.0 Å². The second-order valence-corrected chi connectivity index (χ2v) is 3.23. The highest BCUT2D eigenvalue weighted by Crippen LogP contribution is 2.31. The first kappa shape index (κ1) is 10.8.